The Hall–Kier alpha value is -3.03. The van der Waals surface area contributed by atoms with Crippen LogP contribution in [0.25, 0.3) is 0 Å². The molecule has 1 aromatic carbocycles. The third-order valence-electron chi connectivity index (χ3n) is 3.18. The van der Waals surface area contributed by atoms with Crippen LogP contribution in [-0.4, -0.2) is 43.0 Å². The number of amides is 1. The molecule has 1 heterocycles. The average Bonchev–Trinajstić information content (AvgIpc) is 2.93. The van der Waals surface area contributed by atoms with Crippen LogP contribution in [0.1, 0.15) is 20.8 Å². The van der Waals surface area contributed by atoms with Gasteiger partial charge in [0.1, 0.15) is 11.5 Å². The van der Waals surface area contributed by atoms with Crippen LogP contribution in [0.3, 0.4) is 0 Å². The molecule has 0 saturated heterocycles. The molecule has 8 heteroatoms. The Kier molecular flexibility index (Phi) is 4.85. The van der Waals surface area contributed by atoms with Gasteiger partial charge >= 0.3 is 5.97 Å². The first-order valence-corrected chi connectivity index (χ1v) is 6.65. The van der Waals surface area contributed by atoms with Crippen LogP contribution in [0.15, 0.2) is 24.4 Å². The fourth-order valence-corrected chi connectivity index (χ4v) is 2.00. The molecule has 1 aromatic heterocycles. The minimum Gasteiger partial charge on any atom is -0.497 e. The molecule has 0 aliphatic rings. The predicted octanol–water partition coefficient (Wildman–Crippen LogP) is 1.48. The van der Waals surface area contributed by atoms with Crippen LogP contribution < -0.4 is 14.8 Å². The highest BCUT2D eigenvalue weighted by atomic mass is 16.5. The van der Waals surface area contributed by atoms with E-state index in [9.17, 15) is 9.59 Å². The lowest BCUT2D eigenvalue weighted by atomic mass is 10.2. The summed E-state index contributed by atoms with van der Waals surface area (Å²) in [7, 11) is 5.82. The molecule has 23 heavy (non-hydrogen) atoms. The highest BCUT2D eigenvalue weighted by Crippen LogP contribution is 2.24. The van der Waals surface area contributed by atoms with E-state index in [1.165, 1.54) is 32.2 Å². The molecule has 0 unspecified atom stereocenters. The minimum absolute atomic E-state index is 0.149. The smallest absolute Gasteiger partial charge is 0.358 e. The Bertz CT molecular complexity index is 716. The third kappa shape index (κ3) is 3.42. The largest absolute Gasteiger partial charge is 0.497 e. The Labute approximate surface area is 132 Å². The number of aryl methyl sites for hydroxylation is 1. The van der Waals surface area contributed by atoms with Crippen LogP contribution in [-0.2, 0) is 11.8 Å². The highest BCUT2D eigenvalue weighted by Gasteiger charge is 2.20. The number of nitrogens with one attached hydrogen (secondary N) is 1. The number of anilines is 1. The highest BCUT2D eigenvalue weighted by molar-refractivity contribution is 6.07. The van der Waals surface area contributed by atoms with E-state index >= 15 is 0 Å². The molecule has 0 aliphatic carbocycles. The number of carbonyl (C=O) groups excluding carboxylic acids is 2. The normalized spacial score (nSPS) is 10.1. The second-order valence-electron chi connectivity index (χ2n) is 4.58. The molecular weight excluding hydrogens is 302 g/mol. The zero-order chi connectivity index (χ0) is 17.0. The van der Waals surface area contributed by atoms with Gasteiger partial charge in [-0.15, -0.1) is 0 Å². The van der Waals surface area contributed by atoms with Gasteiger partial charge in [-0.3, -0.25) is 9.48 Å². The molecule has 2 rings (SSSR count). The van der Waals surface area contributed by atoms with Gasteiger partial charge in [-0.1, -0.05) is 0 Å². The van der Waals surface area contributed by atoms with Crippen molar-refractivity contribution in [2.24, 2.45) is 7.05 Å². The monoisotopic (exact) mass is 319 g/mol. The van der Waals surface area contributed by atoms with Crippen molar-refractivity contribution in [1.29, 1.82) is 0 Å². The van der Waals surface area contributed by atoms with E-state index in [1.807, 2.05) is 0 Å². The van der Waals surface area contributed by atoms with Gasteiger partial charge < -0.3 is 19.5 Å². The maximum Gasteiger partial charge on any atom is 0.358 e. The topological polar surface area (TPSA) is 91.7 Å². The number of esters is 1. The SMILES string of the molecule is COC(=O)c1c(NC(=O)c2cc(OC)cc(OC)c2)cnn1C. The molecule has 122 valence electrons. The van der Waals surface area contributed by atoms with Crippen LogP contribution in [0.2, 0.25) is 0 Å². The molecular formula is C15H17N3O5. The number of benzene rings is 1. The maximum atomic E-state index is 12.4. The lowest BCUT2D eigenvalue weighted by Crippen LogP contribution is -2.16. The fraction of sp³-hybridized carbons (Fsp3) is 0.267. The summed E-state index contributed by atoms with van der Waals surface area (Å²) in [6, 6.07) is 4.78. The summed E-state index contributed by atoms with van der Waals surface area (Å²) in [4.78, 5) is 24.2. The number of ether oxygens (including phenoxy) is 3. The van der Waals surface area contributed by atoms with E-state index in [1.54, 1.807) is 25.2 Å². The molecule has 0 fully saturated rings. The van der Waals surface area contributed by atoms with Crippen molar-refractivity contribution in [3.63, 3.8) is 0 Å². The lowest BCUT2D eigenvalue weighted by Gasteiger charge is -2.09. The number of hydrogen-bond acceptors (Lipinski definition) is 6. The number of rotatable bonds is 5. The maximum absolute atomic E-state index is 12.4. The molecule has 1 amide bonds. The van der Waals surface area contributed by atoms with E-state index in [-0.39, 0.29) is 11.4 Å². The van der Waals surface area contributed by atoms with Gasteiger partial charge in [0.15, 0.2) is 5.69 Å². The fourth-order valence-electron chi connectivity index (χ4n) is 2.00. The van der Waals surface area contributed by atoms with E-state index < -0.39 is 11.9 Å². The van der Waals surface area contributed by atoms with Crippen molar-refractivity contribution in [2.45, 2.75) is 0 Å². The molecule has 0 spiro atoms. The summed E-state index contributed by atoms with van der Waals surface area (Å²) in [5.41, 5.74) is 0.725. The van der Waals surface area contributed by atoms with Gasteiger partial charge in [0.25, 0.3) is 5.91 Å². The van der Waals surface area contributed by atoms with Gasteiger partial charge in [0.05, 0.1) is 33.2 Å². The number of aromatic nitrogens is 2. The van der Waals surface area contributed by atoms with E-state index in [2.05, 4.69) is 15.2 Å². The van der Waals surface area contributed by atoms with Crippen LogP contribution in [0.5, 0.6) is 11.5 Å². The number of nitrogens with zero attached hydrogens (tertiary/aromatic N) is 2. The zero-order valence-electron chi connectivity index (χ0n) is 13.2. The van der Waals surface area contributed by atoms with Crippen LogP contribution in [0.4, 0.5) is 5.69 Å². The molecule has 0 radical (unpaired) electrons. The first kappa shape index (κ1) is 16.3. The first-order valence-electron chi connectivity index (χ1n) is 6.65. The van der Waals surface area contributed by atoms with Crippen molar-refractivity contribution in [3.05, 3.63) is 35.7 Å². The van der Waals surface area contributed by atoms with Gasteiger partial charge in [-0.05, 0) is 12.1 Å². The van der Waals surface area contributed by atoms with Gasteiger partial charge in [0, 0.05) is 18.7 Å². The molecule has 0 bridgehead atoms. The summed E-state index contributed by atoms with van der Waals surface area (Å²) in [5, 5.41) is 6.58. The van der Waals surface area contributed by atoms with Crippen molar-refractivity contribution < 1.29 is 23.8 Å². The second kappa shape index (κ2) is 6.82. The standard InChI is InChI=1S/C15H17N3O5/c1-18-13(15(20)23-4)12(8-16-18)17-14(19)9-5-10(21-2)7-11(6-9)22-3/h5-8H,1-4H3,(H,17,19). The van der Waals surface area contributed by atoms with Gasteiger partial charge in [0.2, 0.25) is 0 Å². The first-order chi connectivity index (χ1) is 11.0. The molecule has 2 aromatic rings. The van der Waals surface area contributed by atoms with Crippen LogP contribution >= 0.6 is 0 Å². The van der Waals surface area contributed by atoms with Crippen molar-refractivity contribution in [3.8, 4) is 11.5 Å². The summed E-state index contributed by atoms with van der Waals surface area (Å²) in [5.74, 6) is -0.0633. The molecule has 0 atom stereocenters. The number of hydrogen-bond donors (Lipinski definition) is 1. The summed E-state index contributed by atoms with van der Waals surface area (Å²) in [6.07, 6.45) is 1.38. The molecule has 0 aliphatic heterocycles. The second-order valence-corrected chi connectivity index (χ2v) is 4.58. The third-order valence-corrected chi connectivity index (χ3v) is 3.18. The average molecular weight is 319 g/mol. The van der Waals surface area contributed by atoms with Gasteiger partial charge in [-0.2, -0.15) is 5.10 Å². The minimum atomic E-state index is -0.594. The van der Waals surface area contributed by atoms with Crippen molar-refractivity contribution in [2.75, 3.05) is 26.6 Å². The predicted molar refractivity (Wildman–Crippen MR) is 82.0 cm³/mol. The van der Waals surface area contributed by atoms with E-state index in [0.717, 1.165) is 0 Å². The van der Waals surface area contributed by atoms with Crippen molar-refractivity contribution in [1.82, 2.24) is 9.78 Å². The Morgan fingerprint density at radius 2 is 1.70 bits per heavy atom. The zero-order valence-corrected chi connectivity index (χ0v) is 13.2. The lowest BCUT2D eigenvalue weighted by molar-refractivity contribution is 0.0589. The Morgan fingerprint density at radius 1 is 1.09 bits per heavy atom. The quantitative estimate of drug-likeness (QED) is 0.839. The van der Waals surface area contributed by atoms with Gasteiger partial charge in [-0.25, -0.2) is 4.79 Å². The number of carbonyl (C=O) groups is 2. The number of methoxy groups -OCH3 is 3. The molecule has 0 saturated carbocycles. The summed E-state index contributed by atoms with van der Waals surface area (Å²) < 4.78 is 16.3. The Balaban J connectivity index is 2.31. The van der Waals surface area contributed by atoms with E-state index in [4.69, 9.17) is 9.47 Å². The van der Waals surface area contributed by atoms with Crippen molar-refractivity contribution >= 4 is 17.6 Å². The van der Waals surface area contributed by atoms with Crippen LogP contribution in [0, 0.1) is 0 Å². The van der Waals surface area contributed by atoms with E-state index in [0.29, 0.717) is 17.1 Å². The summed E-state index contributed by atoms with van der Waals surface area (Å²) in [6.45, 7) is 0. The molecule has 8 nitrogen and oxygen atoms in total. The Morgan fingerprint density at radius 3 is 2.22 bits per heavy atom. The summed E-state index contributed by atoms with van der Waals surface area (Å²) >= 11 is 0. The molecule has 1 N–H and O–H groups in total.